The number of nitrogens with zero attached hydrogens (tertiary/aromatic N) is 4. The maximum absolute atomic E-state index is 15.1. The molecular weight excluding hydrogens is 676 g/mol. The summed E-state index contributed by atoms with van der Waals surface area (Å²) in [5.41, 5.74) is -13.9. The van der Waals surface area contributed by atoms with Crippen molar-refractivity contribution in [2.45, 2.75) is 38.9 Å². The molecule has 0 heterocycles. The fraction of sp³-hybridized carbons (Fsp3) is 0.200. The SMILES string of the molecule is Cc1cc(-c2c(C(F)(F)F)c(=C(C#N)C#N)c(-c3ccc(OC(F)(F)F)c(C)c3)c(C(F)(F)F)c2=C(C#N)C#N)ccc1OC(F)(F)F. The number of alkyl halides is 12. The van der Waals surface area contributed by atoms with E-state index in [1.54, 1.807) is 0 Å². The molecule has 0 saturated heterocycles. The highest BCUT2D eigenvalue weighted by atomic mass is 19.4. The third kappa shape index (κ3) is 7.56. The molecule has 0 radical (unpaired) electrons. The van der Waals surface area contributed by atoms with Gasteiger partial charge >= 0.3 is 25.1 Å². The molecule has 18 heteroatoms. The van der Waals surface area contributed by atoms with Crippen molar-refractivity contribution >= 4 is 11.1 Å². The Labute approximate surface area is 260 Å². The standard InChI is InChI=1S/C30H12F12N4O2/c1-13-7-15(3-5-19(13)47-29(37,38)39)21-23(17(9-43)10-44)26(28(34,35)36)22(24(18(11-45)12-46)25(21)27(31,32)33)16-4-6-20(14(2)8-16)48-30(40,41)42/h3-8H,1-2H3. The predicted molar refractivity (Wildman–Crippen MR) is 139 cm³/mol. The molecule has 0 amide bonds. The zero-order valence-corrected chi connectivity index (χ0v) is 23.6. The number of halogens is 12. The summed E-state index contributed by atoms with van der Waals surface area (Å²) in [6, 6.07) is 7.11. The summed E-state index contributed by atoms with van der Waals surface area (Å²) in [4.78, 5) is 0. The number of ether oxygens (including phenoxy) is 2. The van der Waals surface area contributed by atoms with Gasteiger partial charge in [-0.2, -0.15) is 47.4 Å². The number of nitriles is 4. The van der Waals surface area contributed by atoms with E-state index < -0.39 is 103 Å². The van der Waals surface area contributed by atoms with Crippen LogP contribution in [0.4, 0.5) is 52.7 Å². The van der Waals surface area contributed by atoms with Crippen molar-refractivity contribution < 1.29 is 62.2 Å². The Hall–Kier alpha value is -5.88. The minimum Gasteiger partial charge on any atom is -0.406 e. The van der Waals surface area contributed by atoms with Crippen LogP contribution in [0.3, 0.4) is 0 Å². The maximum atomic E-state index is 15.1. The fourth-order valence-electron chi connectivity index (χ4n) is 4.76. The summed E-state index contributed by atoms with van der Waals surface area (Å²) in [7, 11) is 0. The van der Waals surface area contributed by atoms with E-state index in [2.05, 4.69) is 9.47 Å². The Morgan fingerprint density at radius 1 is 0.521 bits per heavy atom. The van der Waals surface area contributed by atoms with Gasteiger partial charge in [-0.05, 0) is 60.4 Å². The molecule has 0 fully saturated rings. The van der Waals surface area contributed by atoms with Crippen molar-refractivity contribution in [2.24, 2.45) is 0 Å². The molecule has 0 aliphatic heterocycles. The zero-order chi connectivity index (χ0) is 36.6. The third-order valence-corrected chi connectivity index (χ3v) is 6.39. The highest BCUT2D eigenvalue weighted by Crippen LogP contribution is 2.43. The second kappa shape index (κ2) is 12.7. The summed E-state index contributed by atoms with van der Waals surface area (Å²) in [5.74, 6) is -1.98. The van der Waals surface area contributed by atoms with Gasteiger partial charge in [0.1, 0.15) is 46.9 Å². The van der Waals surface area contributed by atoms with E-state index in [4.69, 9.17) is 0 Å². The highest BCUT2D eigenvalue weighted by Gasteiger charge is 2.45. The molecule has 0 bridgehead atoms. The lowest BCUT2D eigenvalue weighted by Crippen LogP contribution is -2.36. The van der Waals surface area contributed by atoms with Crippen molar-refractivity contribution in [1.82, 2.24) is 0 Å². The molecule has 0 atom stereocenters. The van der Waals surface area contributed by atoms with Crippen LogP contribution in [0.25, 0.3) is 33.4 Å². The molecule has 0 spiro atoms. The second-order valence-electron chi connectivity index (χ2n) is 9.50. The molecule has 0 N–H and O–H groups in total. The zero-order valence-electron chi connectivity index (χ0n) is 23.6. The monoisotopic (exact) mass is 688 g/mol. The van der Waals surface area contributed by atoms with E-state index in [1.165, 1.54) is 0 Å². The number of hydrogen-bond donors (Lipinski definition) is 0. The Bertz CT molecular complexity index is 1920. The lowest BCUT2D eigenvalue weighted by atomic mass is 9.82. The Balaban J connectivity index is 2.89. The second-order valence-corrected chi connectivity index (χ2v) is 9.50. The van der Waals surface area contributed by atoms with Crippen LogP contribution >= 0.6 is 0 Å². The molecule has 0 aliphatic rings. The van der Waals surface area contributed by atoms with Crippen LogP contribution in [0, 0.1) is 59.2 Å². The van der Waals surface area contributed by atoms with Gasteiger partial charge in [0, 0.05) is 21.6 Å². The van der Waals surface area contributed by atoms with E-state index >= 15 is 26.3 Å². The Morgan fingerprint density at radius 3 is 1.02 bits per heavy atom. The van der Waals surface area contributed by atoms with Crippen LogP contribution in [0.1, 0.15) is 22.3 Å². The summed E-state index contributed by atoms with van der Waals surface area (Å²) in [6.45, 7) is 1.76. The van der Waals surface area contributed by atoms with Crippen LogP contribution in [-0.4, -0.2) is 12.7 Å². The first kappa shape index (κ1) is 36.6. The minimum absolute atomic E-state index is 0.448. The average molecular weight is 688 g/mol. The van der Waals surface area contributed by atoms with Gasteiger partial charge in [0.25, 0.3) is 0 Å². The number of aryl methyl sites for hydroxylation is 2. The smallest absolute Gasteiger partial charge is 0.406 e. The first-order valence-electron chi connectivity index (χ1n) is 12.5. The lowest BCUT2D eigenvalue weighted by Gasteiger charge is -2.24. The maximum Gasteiger partial charge on any atom is 0.573 e. The van der Waals surface area contributed by atoms with Crippen molar-refractivity contribution in [3.05, 3.63) is 69.1 Å². The van der Waals surface area contributed by atoms with Gasteiger partial charge in [-0.1, -0.05) is 12.1 Å². The molecule has 3 aromatic rings. The largest absolute Gasteiger partial charge is 0.573 e. The van der Waals surface area contributed by atoms with Crippen molar-refractivity contribution in [3.8, 4) is 58.0 Å². The van der Waals surface area contributed by atoms with Crippen LogP contribution < -0.4 is 19.9 Å². The molecule has 0 aromatic heterocycles. The van der Waals surface area contributed by atoms with Gasteiger partial charge in [-0.3, -0.25) is 0 Å². The first-order chi connectivity index (χ1) is 22.0. The van der Waals surface area contributed by atoms with E-state index in [0.717, 1.165) is 38.1 Å². The molecular formula is C30H12F12N4O2. The number of hydrogen-bond acceptors (Lipinski definition) is 6. The summed E-state index contributed by atoms with van der Waals surface area (Å²) in [6.07, 6.45) is -22.3. The van der Waals surface area contributed by atoms with Crippen LogP contribution in [-0.2, 0) is 12.4 Å². The third-order valence-electron chi connectivity index (χ3n) is 6.39. The Morgan fingerprint density at radius 2 is 0.812 bits per heavy atom. The molecule has 248 valence electrons. The van der Waals surface area contributed by atoms with Crippen LogP contribution in [0.5, 0.6) is 11.5 Å². The van der Waals surface area contributed by atoms with Crippen molar-refractivity contribution in [3.63, 3.8) is 0 Å². The number of rotatable bonds is 4. The first-order valence-corrected chi connectivity index (χ1v) is 12.5. The van der Waals surface area contributed by atoms with Crippen LogP contribution in [0.2, 0.25) is 0 Å². The van der Waals surface area contributed by atoms with E-state index in [1.807, 2.05) is 0 Å². The predicted octanol–water partition coefficient (Wildman–Crippen LogP) is 7.87. The van der Waals surface area contributed by atoms with Gasteiger partial charge in [0.15, 0.2) is 0 Å². The van der Waals surface area contributed by atoms with E-state index in [9.17, 15) is 47.4 Å². The molecule has 3 rings (SSSR count). The molecule has 6 nitrogen and oxygen atoms in total. The molecule has 3 aromatic carbocycles. The quantitative estimate of drug-likeness (QED) is 0.258. The fourth-order valence-corrected chi connectivity index (χ4v) is 4.76. The topological polar surface area (TPSA) is 114 Å². The molecule has 0 aliphatic carbocycles. The van der Waals surface area contributed by atoms with Gasteiger partial charge in [0.05, 0.1) is 11.1 Å². The Kier molecular flexibility index (Phi) is 9.70. The van der Waals surface area contributed by atoms with Crippen molar-refractivity contribution in [1.29, 1.82) is 21.0 Å². The summed E-state index contributed by atoms with van der Waals surface area (Å²) >= 11 is 0. The normalized spacial score (nSPS) is 11.9. The van der Waals surface area contributed by atoms with Gasteiger partial charge < -0.3 is 9.47 Å². The number of benzene rings is 3. The van der Waals surface area contributed by atoms with Gasteiger partial charge in [0.2, 0.25) is 0 Å². The van der Waals surface area contributed by atoms with Gasteiger partial charge in [-0.15, -0.1) is 26.3 Å². The van der Waals surface area contributed by atoms with Gasteiger partial charge in [-0.25, -0.2) is 0 Å². The molecule has 0 saturated carbocycles. The van der Waals surface area contributed by atoms with E-state index in [-0.39, 0.29) is 0 Å². The summed E-state index contributed by atoms with van der Waals surface area (Å²) < 4.78 is 176. The molecule has 0 unspecified atom stereocenters. The van der Waals surface area contributed by atoms with E-state index in [0.29, 0.717) is 36.4 Å². The summed E-state index contributed by atoms with van der Waals surface area (Å²) in [5, 5.41) is 35.1. The lowest BCUT2D eigenvalue weighted by molar-refractivity contribution is -0.275. The molecule has 48 heavy (non-hydrogen) atoms. The average Bonchev–Trinajstić information content (AvgIpc) is 2.93. The highest BCUT2D eigenvalue weighted by molar-refractivity contribution is 5.90. The van der Waals surface area contributed by atoms with Crippen molar-refractivity contribution in [2.75, 3.05) is 0 Å². The minimum atomic E-state index is -5.84. The van der Waals surface area contributed by atoms with Crippen LogP contribution in [0.15, 0.2) is 36.4 Å².